The second kappa shape index (κ2) is 8.97. The molecule has 1 aromatic carbocycles. The molecule has 33 heavy (non-hydrogen) atoms. The molecule has 0 radical (unpaired) electrons. The normalized spacial score (nSPS) is 11.7. The summed E-state index contributed by atoms with van der Waals surface area (Å²) in [5.74, 6) is -2.48. The lowest BCUT2D eigenvalue weighted by molar-refractivity contribution is -0.668. The standard InChI is InChI=1S/C18H9ClF6N4O4/c19-14-13(16(30)28-9-5-6-27-29(31)8-9)12(7-26-15(14)17(20,21)22)32-10-1-3-11(4-2-10)33-18(23,24)25/h1-8H,(H,28,30). The van der Waals surface area contributed by atoms with Gasteiger partial charge in [-0.3, -0.25) is 4.79 Å². The summed E-state index contributed by atoms with van der Waals surface area (Å²) in [7, 11) is 0. The summed E-state index contributed by atoms with van der Waals surface area (Å²) in [5, 5.41) is 15.6. The number of hydrogen-bond donors (Lipinski definition) is 1. The Kier molecular flexibility index (Phi) is 6.48. The molecule has 2 heterocycles. The summed E-state index contributed by atoms with van der Waals surface area (Å²) in [6.45, 7) is 0. The maximum Gasteiger partial charge on any atom is 0.573 e. The van der Waals surface area contributed by atoms with Crippen LogP contribution in [-0.2, 0) is 6.18 Å². The van der Waals surface area contributed by atoms with E-state index < -0.39 is 46.2 Å². The third-order valence-electron chi connectivity index (χ3n) is 3.71. The number of alkyl halides is 6. The van der Waals surface area contributed by atoms with Gasteiger partial charge in [-0.05, 0) is 30.3 Å². The van der Waals surface area contributed by atoms with Gasteiger partial charge in [-0.1, -0.05) is 16.4 Å². The van der Waals surface area contributed by atoms with E-state index in [2.05, 4.69) is 20.1 Å². The van der Waals surface area contributed by atoms with E-state index in [0.717, 1.165) is 36.7 Å². The van der Waals surface area contributed by atoms with Gasteiger partial charge in [0, 0.05) is 5.10 Å². The van der Waals surface area contributed by atoms with Gasteiger partial charge in [-0.25, -0.2) is 4.98 Å². The molecule has 0 spiro atoms. The van der Waals surface area contributed by atoms with Crippen molar-refractivity contribution in [2.75, 3.05) is 5.32 Å². The molecular formula is C18H9ClF6N4O4. The minimum Gasteiger partial charge on any atom is -0.594 e. The zero-order valence-electron chi connectivity index (χ0n) is 15.7. The third-order valence-corrected chi connectivity index (χ3v) is 4.08. The zero-order valence-corrected chi connectivity index (χ0v) is 16.5. The fourth-order valence-corrected chi connectivity index (χ4v) is 2.77. The van der Waals surface area contributed by atoms with Crippen LogP contribution in [0.25, 0.3) is 0 Å². The van der Waals surface area contributed by atoms with E-state index in [9.17, 15) is 36.3 Å². The molecule has 3 rings (SSSR count). The summed E-state index contributed by atoms with van der Waals surface area (Å²) in [6.07, 6.45) is -7.52. The molecule has 0 bridgehead atoms. The van der Waals surface area contributed by atoms with Gasteiger partial charge in [0.15, 0.2) is 11.4 Å². The first-order valence-electron chi connectivity index (χ1n) is 8.49. The number of carbonyl (C=O) groups is 1. The largest absolute Gasteiger partial charge is 0.594 e. The second-order valence-corrected chi connectivity index (χ2v) is 6.43. The van der Waals surface area contributed by atoms with Crippen molar-refractivity contribution in [3.8, 4) is 17.2 Å². The first-order chi connectivity index (χ1) is 15.3. The van der Waals surface area contributed by atoms with Gasteiger partial charge in [0.25, 0.3) is 5.91 Å². The number of amides is 1. The molecular weight excluding hydrogens is 486 g/mol. The van der Waals surface area contributed by atoms with Gasteiger partial charge in [0.2, 0.25) is 6.20 Å². The number of aromatic nitrogens is 3. The Hall–Kier alpha value is -3.81. The SMILES string of the molecule is O=C(Nc1ccn[n+]([O-])c1)c1c(Oc2ccc(OC(F)(F)F)cc2)cnc(C(F)(F)F)c1Cl. The number of benzene rings is 1. The lowest BCUT2D eigenvalue weighted by Gasteiger charge is -2.16. The van der Waals surface area contributed by atoms with E-state index in [0.29, 0.717) is 6.20 Å². The molecule has 174 valence electrons. The van der Waals surface area contributed by atoms with Gasteiger partial charge in [-0.2, -0.15) is 13.2 Å². The van der Waals surface area contributed by atoms with Crippen molar-refractivity contribution < 1.29 is 45.5 Å². The fraction of sp³-hybridized carbons (Fsp3) is 0.111. The summed E-state index contributed by atoms with van der Waals surface area (Å²) >= 11 is 5.81. The zero-order chi connectivity index (χ0) is 24.4. The van der Waals surface area contributed by atoms with Crippen LogP contribution in [0, 0.1) is 5.21 Å². The third kappa shape index (κ3) is 6.12. The van der Waals surface area contributed by atoms with E-state index in [1.54, 1.807) is 0 Å². The van der Waals surface area contributed by atoms with Crippen molar-refractivity contribution >= 4 is 23.2 Å². The molecule has 0 saturated carbocycles. The predicted octanol–water partition coefficient (Wildman–Crippen LogP) is 4.73. The molecule has 2 aromatic heterocycles. The minimum absolute atomic E-state index is 0.0902. The van der Waals surface area contributed by atoms with Gasteiger partial charge >= 0.3 is 12.5 Å². The Morgan fingerprint density at radius 3 is 2.27 bits per heavy atom. The first kappa shape index (κ1) is 23.8. The van der Waals surface area contributed by atoms with Crippen LogP contribution in [0.2, 0.25) is 5.02 Å². The molecule has 0 aliphatic carbocycles. The van der Waals surface area contributed by atoms with Gasteiger partial charge in [0.1, 0.15) is 22.7 Å². The van der Waals surface area contributed by atoms with Crippen molar-refractivity contribution in [1.29, 1.82) is 0 Å². The number of nitrogens with zero attached hydrogens (tertiary/aromatic N) is 3. The maximum atomic E-state index is 13.2. The van der Waals surface area contributed by atoms with Crippen LogP contribution >= 0.6 is 11.6 Å². The average Bonchev–Trinajstić information content (AvgIpc) is 2.67. The molecule has 3 aromatic rings. The number of hydrogen-bond acceptors (Lipinski definition) is 6. The Labute approximate surface area is 184 Å². The predicted molar refractivity (Wildman–Crippen MR) is 98.6 cm³/mol. The van der Waals surface area contributed by atoms with E-state index in [-0.39, 0.29) is 16.3 Å². The van der Waals surface area contributed by atoms with Gasteiger partial charge in [0.05, 0.1) is 17.4 Å². The van der Waals surface area contributed by atoms with Crippen molar-refractivity contribution in [3.05, 3.63) is 70.4 Å². The molecule has 15 heteroatoms. The molecule has 1 amide bonds. The molecule has 0 atom stereocenters. The lowest BCUT2D eigenvalue weighted by atomic mass is 10.1. The Morgan fingerprint density at radius 1 is 1.06 bits per heavy atom. The monoisotopic (exact) mass is 494 g/mol. The number of carbonyl (C=O) groups excluding carboxylic acids is 1. The molecule has 0 fully saturated rings. The van der Waals surface area contributed by atoms with E-state index in [4.69, 9.17) is 16.3 Å². The maximum absolute atomic E-state index is 13.2. The van der Waals surface area contributed by atoms with Gasteiger partial charge < -0.3 is 20.0 Å². The molecule has 0 aliphatic heterocycles. The van der Waals surface area contributed by atoms with E-state index >= 15 is 0 Å². The van der Waals surface area contributed by atoms with E-state index in [1.165, 1.54) is 6.07 Å². The average molecular weight is 495 g/mol. The fourth-order valence-electron chi connectivity index (χ4n) is 2.44. The van der Waals surface area contributed by atoms with Crippen molar-refractivity contribution in [3.63, 3.8) is 0 Å². The highest BCUT2D eigenvalue weighted by molar-refractivity contribution is 6.35. The minimum atomic E-state index is -5.02. The van der Waals surface area contributed by atoms with Gasteiger partial charge in [-0.15, -0.1) is 13.2 Å². The smallest absolute Gasteiger partial charge is 0.573 e. The number of pyridine rings is 1. The van der Waals surface area contributed by atoms with Crippen LogP contribution in [0.5, 0.6) is 17.2 Å². The lowest BCUT2D eigenvalue weighted by Crippen LogP contribution is -2.30. The van der Waals surface area contributed by atoms with Crippen LogP contribution in [-0.4, -0.2) is 22.4 Å². The molecule has 0 saturated heterocycles. The highest BCUT2D eigenvalue weighted by Gasteiger charge is 2.38. The van der Waals surface area contributed by atoms with Crippen LogP contribution in [0.1, 0.15) is 16.1 Å². The number of nitrogens with one attached hydrogen (secondary N) is 1. The Bertz CT molecular complexity index is 1170. The van der Waals surface area contributed by atoms with Crippen LogP contribution in [0.4, 0.5) is 32.0 Å². The second-order valence-electron chi connectivity index (χ2n) is 6.05. The van der Waals surface area contributed by atoms with E-state index in [1.807, 2.05) is 0 Å². The molecule has 0 unspecified atom stereocenters. The van der Waals surface area contributed by atoms with Crippen LogP contribution < -0.4 is 19.6 Å². The summed E-state index contributed by atoms with van der Waals surface area (Å²) in [5.41, 5.74) is -2.49. The van der Waals surface area contributed by atoms with Crippen molar-refractivity contribution in [2.45, 2.75) is 12.5 Å². The summed E-state index contributed by atoms with van der Waals surface area (Å²) < 4.78 is 85.6. The topological polar surface area (TPSA) is 100 Å². The Balaban J connectivity index is 1.97. The number of halogens is 7. The molecule has 8 nitrogen and oxygen atoms in total. The van der Waals surface area contributed by atoms with Crippen molar-refractivity contribution in [1.82, 2.24) is 10.1 Å². The number of ether oxygens (including phenoxy) is 2. The molecule has 0 aliphatic rings. The molecule has 1 N–H and O–H groups in total. The highest BCUT2D eigenvalue weighted by atomic mass is 35.5. The summed E-state index contributed by atoms with van der Waals surface area (Å²) in [6, 6.07) is 4.97. The van der Waals surface area contributed by atoms with Crippen molar-refractivity contribution in [2.24, 2.45) is 0 Å². The number of anilines is 1. The first-order valence-corrected chi connectivity index (χ1v) is 8.87. The quantitative estimate of drug-likeness (QED) is 0.313. The number of rotatable bonds is 5. The van der Waals surface area contributed by atoms with Crippen LogP contribution in [0.3, 0.4) is 0 Å². The summed E-state index contributed by atoms with van der Waals surface area (Å²) in [4.78, 5) is 16.0. The Morgan fingerprint density at radius 2 is 1.70 bits per heavy atom. The highest BCUT2D eigenvalue weighted by Crippen LogP contribution is 2.39. The van der Waals surface area contributed by atoms with Crippen LogP contribution in [0.15, 0.2) is 48.9 Å².